The van der Waals surface area contributed by atoms with Crippen molar-refractivity contribution in [3.8, 4) is 0 Å². The number of allylic oxidation sites excluding steroid dienone is 1. The molecule has 2 heterocycles. The Morgan fingerprint density at radius 3 is 2.83 bits per heavy atom. The lowest BCUT2D eigenvalue weighted by molar-refractivity contribution is -0.141. The molecule has 164 valence electrons. The Morgan fingerprint density at radius 2 is 2.23 bits per heavy atom. The summed E-state index contributed by atoms with van der Waals surface area (Å²) in [6.07, 6.45) is 4.81. The number of carbonyl (C=O) groups is 2. The van der Waals surface area contributed by atoms with E-state index in [1.54, 1.807) is 22.8 Å². The molecule has 1 aromatic heterocycles. The Hall–Kier alpha value is -2.39. The quantitative estimate of drug-likeness (QED) is 0.483. The standard InChI is InChI=1S/C21H32N6O2S/c1-14-17(30-13-26-14)15(11-23-5)12-24-8-9-25-19(28)16-7-6-10-27(16)20(29)18(22)21(2,3)4/h11-13,16,18H,5-10,22H2,1-4H3,(H,25,28)/b15-11+,24-12?. The van der Waals surface area contributed by atoms with Crippen LogP contribution in [0.3, 0.4) is 0 Å². The predicted octanol–water partition coefficient (Wildman–Crippen LogP) is 2.04. The van der Waals surface area contributed by atoms with E-state index in [0.29, 0.717) is 26.1 Å². The van der Waals surface area contributed by atoms with Gasteiger partial charge in [-0.15, -0.1) is 11.3 Å². The van der Waals surface area contributed by atoms with Crippen LogP contribution in [0.2, 0.25) is 0 Å². The van der Waals surface area contributed by atoms with Crippen LogP contribution >= 0.6 is 11.3 Å². The number of nitrogens with one attached hydrogen (secondary N) is 1. The molecule has 0 radical (unpaired) electrons. The van der Waals surface area contributed by atoms with Crippen LogP contribution in [-0.4, -0.2) is 66.3 Å². The molecule has 2 amide bonds. The van der Waals surface area contributed by atoms with Crippen molar-refractivity contribution >= 4 is 41.7 Å². The van der Waals surface area contributed by atoms with E-state index in [0.717, 1.165) is 22.6 Å². The fraction of sp³-hybridized carbons (Fsp3) is 0.571. The van der Waals surface area contributed by atoms with Crippen molar-refractivity contribution < 1.29 is 9.59 Å². The summed E-state index contributed by atoms with van der Waals surface area (Å²) in [5, 5.41) is 2.89. The molecular formula is C21H32N6O2S. The monoisotopic (exact) mass is 432 g/mol. The van der Waals surface area contributed by atoms with Gasteiger partial charge in [0.15, 0.2) is 0 Å². The van der Waals surface area contributed by atoms with Crippen LogP contribution in [0.4, 0.5) is 0 Å². The smallest absolute Gasteiger partial charge is 0.242 e. The Kier molecular flexibility index (Phi) is 8.43. The van der Waals surface area contributed by atoms with Crippen molar-refractivity contribution in [2.75, 3.05) is 19.6 Å². The highest BCUT2D eigenvalue weighted by molar-refractivity contribution is 7.11. The number of aliphatic imine (C=N–C) groups is 2. The third-order valence-corrected chi connectivity index (χ3v) is 6.02. The Morgan fingerprint density at radius 1 is 1.50 bits per heavy atom. The predicted molar refractivity (Wildman–Crippen MR) is 123 cm³/mol. The number of aryl methyl sites for hydroxylation is 1. The SMILES string of the molecule is C=N/C=C(\C=NCCNC(=O)C1CCCN1C(=O)C(N)C(C)(C)C)c1scnc1C. The number of hydrogen-bond acceptors (Lipinski definition) is 7. The van der Waals surface area contributed by atoms with Gasteiger partial charge in [0.2, 0.25) is 11.8 Å². The van der Waals surface area contributed by atoms with Gasteiger partial charge in [-0.1, -0.05) is 20.8 Å². The molecule has 1 saturated heterocycles. The van der Waals surface area contributed by atoms with E-state index in [1.807, 2.05) is 27.7 Å². The highest BCUT2D eigenvalue weighted by Crippen LogP contribution is 2.24. The molecule has 0 saturated carbocycles. The molecule has 0 bridgehead atoms. The maximum Gasteiger partial charge on any atom is 0.242 e. The third-order valence-electron chi connectivity index (χ3n) is 5.05. The number of thiazole rings is 1. The maximum absolute atomic E-state index is 12.7. The molecule has 0 spiro atoms. The largest absolute Gasteiger partial charge is 0.352 e. The van der Waals surface area contributed by atoms with Crippen LogP contribution < -0.4 is 11.1 Å². The first-order chi connectivity index (χ1) is 14.2. The number of carbonyl (C=O) groups excluding carboxylic acids is 2. The highest BCUT2D eigenvalue weighted by atomic mass is 32.1. The summed E-state index contributed by atoms with van der Waals surface area (Å²) in [7, 11) is 0. The van der Waals surface area contributed by atoms with E-state index in [9.17, 15) is 9.59 Å². The van der Waals surface area contributed by atoms with Crippen molar-refractivity contribution in [1.82, 2.24) is 15.2 Å². The minimum Gasteiger partial charge on any atom is -0.352 e. The summed E-state index contributed by atoms with van der Waals surface area (Å²) in [5.41, 5.74) is 9.29. The molecule has 1 fully saturated rings. The number of amides is 2. The third kappa shape index (κ3) is 6.06. The van der Waals surface area contributed by atoms with Gasteiger partial charge in [-0.3, -0.25) is 19.6 Å². The zero-order valence-corrected chi connectivity index (χ0v) is 19.0. The summed E-state index contributed by atoms with van der Waals surface area (Å²) in [4.78, 5) is 40.4. The van der Waals surface area contributed by atoms with Crippen LogP contribution in [0, 0.1) is 12.3 Å². The molecule has 9 heteroatoms. The lowest BCUT2D eigenvalue weighted by atomic mass is 9.86. The average Bonchev–Trinajstić information content (AvgIpc) is 3.34. The van der Waals surface area contributed by atoms with Gasteiger partial charge < -0.3 is 16.0 Å². The van der Waals surface area contributed by atoms with Crippen molar-refractivity contribution in [1.29, 1.82) is 0 Å². The van der Waals surface area contributed by atoms with Gasteiger partial charge >= 0.3 is 0 Å². The first kappa shape index (κ1) is 23.9. The maximum atomic E-state index is 12.7. The van der Waals surface area contributed by atoms with E-state index in [1.165, 1.54) is 11.3 Å². The van der Waals surface area contributed by atoms with Crippen LogP contribution in [0.25, 0.3) is 5.57 Å². The number of nitrogens with zero attached hydrogens (tertiary/aromatic N) is 4. The van der Waals surface area contributed by atoms with Gasteiger partial charge in [0, 0.05) is 31.1 Å². The average molecular weight is 433 g/mol. The first-order valence-electron chi connectivity index (χ1n) is 10.1. The van der Waals surface area contributed by atoms with E-state index < -0.39 is 12.1 Å². The molecule has 1 aromatic rings. The number of likely N-dealkylation sites (tertiary alicyclic amines) is 1. The van der Waals surface area contributed by atoms with E-state index in [2.05, 4.69) is 27.0 Å². The van der Waals surface area contributed by atoms with Gasteiger partial charge in [-0.25, -0.2) is 4.98 Å². The molecular weight excluding hydrogens is 400 g/mol. The van der Waals surface area contributed by atoms with Crippen molar-refractivity contribution in [2.45, 2.75) is 52.6 Å². The number of nitrogens with two attached hydrogens (primary N) is 1. The highest BCUT2D eigenvalue weighted by Gasteiger charge is 2.39. The van der Waals surface area contributed by atoms with Gasteiger partial charge in [0.05, 0.1) is 28.7 Å². The number of hydrogen-bond donors (Lipinski definition) is 2. The van der Waals surface area contributed by atoms with Crippen molar-refractivity contribution in [2.24, 2.45) is 21.1 Å². The van der Waals surface area contributed by atoms with E-state index >= 15 is 0 Å². The molecule has 3 N–H and O–H groups in total. The summed E-state index contributed by atoms with van der Waals surface area (Å²) in [6, 6.07) is -1.09. The van der Waals surface area contributed by atoms with Gasteiger partial charge in [0.25, 0.3) is 0 Å². The summed E-state index contributed by atoms with van der Waals surface area (Å²) in [5.74, 6) is -0.316. The number of rotatable bonds is 8. The summed E-state index contributed by atoms with van der Waals surface area (Å²) in [6.45, 7) is 12.6. The molecule has 0 aliphatic carbocycles. The molecule has 1 aliphatic heterocycles. The summed E-state index contributed by atoms with van der Waals surface area (Å²) < 4.78 is 0. The molecule has 8 nitrogen and oxygen atoms in total. The minimum atomic E-state index is -0.630. The fourth-order valence-electron chi connectivity index (χ4n) is 3.20. The number of aromatic nitrogens is 1. The lowest BCUT2D eigenvalue weighted by Gasteiger charge is -2.32. The lowest BCUT2D eigenvalue weighted by Crippen LogP contribution is -2.55. The van der Waals surface area contributed by atoms with Crippen LogP contribution in [0.5, 0.6) is 0 Å². The fourth-order valence-corrected chi connectivity index (χ4v) is 3.99. The zero-order valence-electron chi connectivity index (χ0n) is 18.2. The second-order valence-electron chi connectivity index (χ2n) is 8.39. The Bertz CT molecular complexity index is 824. The molecule has 30 heavy (non-hydrogen) atoms. The molecule has 2 unspecified atom stereocenters. The van der Waals surface area contributed by atoms with Gasteiger partial charge in [-0.2, -0.15) is 0 Å². The van der Waals surface area contributed by atoms with Crippen molar-refractivity contribution in [3.63, 3.8) is 0 Å². The Labute approximate surface area is 182 Å². The van der Waals surface area contributed by atoms with Crippen LogP contribution in [-0.2, 0) is 9.59 Å². The normalized spacial score (nSPS) is 18.6. The zero-order chi connectivity index (χ0) is 22.3. The summed E-state index contributed by atoms with van der Waals surface area (Å²) >= 11 is 1.51. The van der Waals surface area contributed by atoms with E-state index in [-0.39, 0.29) is 17.2 Å². The van der Waals surface area contributed by atoms with Gasteiger partial charge in [0.1, 0.15) is 6.04 Å². The Balaban J connectivity index is 1.88. The van der Waals surface area contributed by atoms with E-state index in [4.69, 9.17) is 5.73 Å². The molecule has 1 aliphatic rings. The van der Waals surface area contributed by atoms with Crippen LogP contribution in [0.15, 0.2) is 21.7 Å². The molecule has 0 aromatic carbocycles. The van der Waals surface area contributed by atoms with Crippen molar-refractivity contribution in [3.05, 3.63) is 22.3 Å². The molecule has 2 rings (SSSR count). The minimum absolute atomic E-state index is 0.154. The van der Waals surface area contributed by atoms with Crippen LogP contribution in [0.1, 0.15) is 44.2 Å². The second-order valence-corrected chi connectivity index (χ2v) is 9.25. The topological polar surface area (TPSA) is 113 Å². The first-order valence-corrected chi connectivity index (χ1v) is 10.9. The van der Waals surface area contributed by atoms with Gasteiger partial charge in [-0.05, 0) is 31.9 Å². The second kappa shape index (κ2) is 10.6. The molecule has 2 atom stereocenters.